The van der Waals surface area contributed by atoms with Gasteiger partial charge in [0.05, 0.1) is 7.11 Å². The second-order valence-corrected chi connectivity index (χ2v) is 6.64. The highest BCUT2D eigenvalue weighted by Gasteiger charge is 2.12. The van der Waals surface area contributed by atoms with Crippen LogP contribution in [-0.4, -0.2) is 75.7 Å². The van der Waals surface area contributed by atoms with E-state index in [-0.39, 0.29) is 24.0 Å². The molecule has 1 fully saturated rings. The van der Waals surface area contributed by atoms with Crippen LogP contribution in [0, 0.1) is 0 Å². The molecule has 0 aliphatic carbocycles. The van der Waals surface area contributed by atoms with Crippen molar-refractivity contribution >= 4 is 29.9 Å². The number of rotatable bonds is 9. The van der Waals surface area contributed by atoms with E-state index >= 15 is 0 Å². The molecular weight excluding hydrogens is 441 g/mol. The maximum absolute atomic E-state index is 5.93. The summed E-state index contributed by atoms with van der Waals surface area (Å²) in [5.41, 5.74) is 7.18. The van der Waals surface area contributed by atoms with Gasteiger partial charge in [-0.25, -0.2) is 0 Å². The van der Waals surface area contributed by atoms with Crippen molar-refractivity contribution in [2.75, 3.05) is 60.0 Å². The average molecular weight is 475 g/mol. The monoisotopic (exact) mass is 475 g/mol. The van der Waals surface area contributed by atoms with Crippen LogP contribution in [-0.2, 0) is 6.42 Å². The molecule has 1 aliphatic rings. The van der Waals surface area contributed by atoms with Gasteiger partial charge in [0.25, 0.3) is 0 Å². The Labute approximate surface area is 175 Å². The number of guanidine groups is 1. The summed E-state index contributed by atoms with van der Waals surface area (Å²) in [6.45, 7) is 7.52. The summed E-state index contributed by atoms with van der Waals surface area (Å²) in [7, 11) is 3.87. The van der Waals surface area contributed by atoms with Gasteiger partial charge in [-0.15, -0.1) is 24.0 Å². The van der Waals surface area contributed by atoms with Gasteiger partial charge in [-0.05, 0) is 50.6 Å². The number of halogens is 1. The number of methoxy groups -OCH3 is 1. The van der Waals surface area contributed by atoms with Crippen LogP contribution in [0.15, 0.2) is 29.3 Å². The molecular formula is C19H34IN5O. The van der Waals surface area contributed by atoms with Gasteiger partial charge in [0.2, 0.25) is 0 Å². The number of likely N-dealkylation sites (N-methyl/N-ethyl adjacent to an activating group) is 1. The number of nitrogens with two attached hydrogens (primary N) is 1. The molecule has 0 radical (unpaired) electrons. The Kier molecular flexibility index (Phi) is 11.6. The molecule has 6 nitrogen and oxygen atoms in total. The second-order valence-electron chi connectivity index (χ2n) is 6.64. The van der Waals surface area contributed by atoms with Crippen molar-refractivity contribution in [3.8, 4) is 5.75 Å². The van der Waals surface area contributed by atoms with Crippen LogP contribution in [0.5, 0.6) is 5.75 Å². The third kappa shape index (κ3) is 9.05. The Hall–Kier alpha value is -1.06. The van der Waals surface area contributed by atoms with Crippen molar-refractivity contribution in [1.29, 1.82) is 0 Å². The molecule has 26 heavy (non-hydrogen) atoms. The van der Waals surface area contributed by atoms with E-state index in [2.05, 4.69) is 39.3 Å². The number of unbranched alkanes of at least 4 members (excludes halogenated alkanes) is 1. The molecule has 0 unspecified atom stereocenters. The summed E-state index contributed by atoms with van der Waals surface area (Å²) in [5, 5.41) is 3.19. The van der Waals surface area contributed by atoms with Crippen LogP contribution in [0.2, 0.25) is 0 Å². The van der Waals surface area contributed by atoms with Gasteiger partial charge in [0.15, 0.2) is 5.96 Å². The lowest BCUT2D eigenvalue weighted by atomic mass is 10.1. The van der Waals surface area contributed by atoms with E-state index in [0.29, 0.717) is 5.96 Å². The summed E-state index contributed by atoms with van der Waals surface area (Å²) >= 11 is 0. The third-order valence-corrected chi connectivity index (χ3v) is 4.64. The molecule has 148 valence electrons. The fraction of sp³-hybridized carbons (Fsp3) is 0.632. The van der Waals surface area contributed by atoms with Crippen LogP contribution in [0.3, 0.4) is 0 Å². The first kappa shape index (κ1) is 23.0. The number of hydrogen-bond donors (Lipinski definition) is 2. The van der Waals surface area contributed by atoms with Crippen molar-refractivity contribution in [3.63, 3.8) is 0 Å². The van der Waals surface area contributed by atoms with Gasteiger partial charge in [0.1, 0.15) is 5.75 Å². The number of aliphatic imine (C=N–C) groups is 1. The maximum atomic E-state index is 5.93. The lowest BCUT2D eigenvalue weighted by molar-refractivity contribution is 0.152. The maximum Gasteiger partial charge on any atom is 0.188 e. The highest BCUT2D eigenvalue weighted by Crippen LogP contribution is 2.11. The fourth-order valence-electron chi connectivity index (χ4n) is 2.90. The van der Waals surface area contributed by atoms with E-state index in [4.69, 9.17) is 10.5 Å². The Morgan fingerprint density at radius 1 is 1.15 bits per heavy atom. The first-order chi connectivity index (χ1) is 12.2. The van der Waals surface area contributed by atoms with Gasteiger partial charge in [-0.2, -0.15) is 0 Å². The number of hydrogen-bond acceptors (Lipinski definition) is 4. The standard InChI is InChI=1S/C19H33N5O.HI/c1-23-13-15-24(16-14-23)12-4-3-10-21-19(20)22-11-9-17-5-7-18(25-2)8-6-17;/h5-8H,3-4,9-16H2,1-2H3,(H3,20,21,22);1H. The summed E-state index contributed by atoms with van der Waals surface area (Å²) in [4.78, 5) is 9.34. The van der Waals surface area contributed by atoms with E-state index in [0.717, 1.165) is 31.7 Å². The zero-order valence-corrected chi connectivity index (χ0v) is 18.4. The molecule has 1 aromatic rings. The van der Waals surface area contributed by atoms with Gasteiger partial charge in [-0.3, -0.25) is 4.99 Å². The van der Waals surface area contributed by atoms with Crippen LogP contribution in [0.4, 0.5) is 0 Å². The van der Waals surface area contributed by atoms with Crippen LogP contribution < -0.4 is 15.8 Å². The van der Waals surface area contributed by atoms with E-state index in [1.54, 1.807) is 7.11 Å². The Balaban J connectivity index is 0.00000338. The number of piperazine rings is 1. The topological polar surface area (TPSA) is 66.1 Å². The highest BCUT2D eigenvalue weighted by atomic mass is 127. The first-order valence-electron chi connectivity index (χ1n) is 9.25. The zero-order chi connectivity index (χ0) is 17.9. The number of nitrogens with zero attached hydrogens (tertiary/aromatic N) is 3. The van der Waals surface area contributed by atoms with Gasteiger partial charge in [-0.1, -0.05) is 12.1 Å². The molecule has 0 atom stereocenters. The van der Waals surface area contributed by atoms with Gasteiger partial charge in [0, 0.05) is 39.3 Å². The van der Waals surface area contributed by atoms with Crippen LogP contribution >= 0.6 is 24.0 Å². The van der Waals surface area contributed by atoms with Crippen molar-refractivity contribution in [3.05, 3.63) is 29.8 Å². The van der Waals surface area contributed by atoms with Gasteiger partial charge < -0.3 is 25.6 Å². The van der Waals surface area contributed by atoms with E-state index in [1.807, 2.05) is 12.1 Å². The summed E-state index contributed by atoms with van der Waals surface area (Å²) < 4.78 is 5.16. The molecule has 2 rings (SSSR count). The van der Waals surface area contributed by atoms with Crippen LogP contribution in [0.25, 0.3) is 0 Å². The molecule has 0 saturated carbocycles. The van der Waals surface area contributed by atoms with Gasteiger partial charge >= 0.3 is 0 Å². The number of ether oxygens (including phenoxy) is 1. The summed E-state index contributed by atoms with van der Waals surface area (Å²) in [6, 6.07) is 8.11. The fourth-order valence-corrected chi connectivity index (χ4v) is 2.90. The lowest BCUT2D eigenvalue weighted by Crippen LogP contribution is -2.44. The first-order valence-corrected chi connectivity index (χ1v) is 9.25. The minimum atomic E-state index is 0. The molecule has 1 aromatic carbocycles. The number of nitrogens with one attached hydrogen (secondary N) is 1. The predicted octanol–water partition coefficient (Wildman–Crippen LogP) is 1.79. The molecule has 1 saturated heterocycles. The predicted molar refractivity (Wildman–Crippen MR) is 120 cm³/mol. The van der Waals surface area contributed by atoms with Crippen molar-refractivity contribution in [1.82, 2.24) is 15.1 Å². The quantitative estimate of drug-likeness (QED) is 0.247. The van der Waals surface area contributed by atoms with E-state index in [1.165, 1.54) is 44.7 Å². The minimum absolute atomic E-state index is 0. The zero-order valence-electron chi connectivity index (χ0n) is 16.1. The van der Waals surface area contributed by atoms with E-state index < -0.39 is 0 Å². The summed E-state index contributed by atoms with van der Waals surface area (Å²) in [6.07, 6.45) is 3.20. The van der Waals surface area contributed by atoms with Crippen LogP contribution in [0.1, 0.15) is 18.4 Å². The molecule has 1 heterocycles. The normalized spacial score (nSPS) is 16.2. The molecule has 7 heteroatoms. The highest BCUT2D eigenvalue weighted by molar-refractivity contribution is 14.0. The molecule has 0 aromatic heterocycles. The largest absolute Gasteiger partial charge is 0.497 e. The minimum Gasteiger partial charge on any atom is -0.497 e. The molecule has 1 aliphatic heterocycles. The molecule has 0 bridgehead atoms. The molecule has 3 N–H and O–H groups in total. The van der Waals surface area contributed by atoms with Crippen molar-refractivity contribution < 1.29 is 4.74 Å². The molecule has 0 spiro atoms. The van der Waals surface area contributed by atoms with Crippen molar-refractivity contribution in [2.45, 2.75) is 19.3 Å². The Bertz CT molecular complexity index is 515. The Morgan fingerprint density at radius 3 is 2.50 bits per heavy atom. The lowest BCUT2D eigenvalue weighted by Gasteiger charge is -2.32. The summed E-state index contributed by atoms with van der Waals surface area (Å²) in [5.74, 6) is 1.43. The SMILES string of the molecule is COc1ccc(CCNC(N)=NCCCCN2CCN(C)CC2)cc1.I. The Morgan fingerprint density at radius 2 is 1.85 bits per heavy atom. The second kappa shape index (κ2) is 13.2. The smallest absolute Gasteiger partial charge is 0.188 e. The molecule has 0 amide bonds. The van der Waals surface area contributed by atoms with E-state index in [9.17, 15) is 0 Å². The van der Waals surface area contributed by atoms with Crippen molar-refractivity contribution in [2.24, 2.45) is 10.7 Å². The number of benzene rings is 1. The average Bonchev–Trinajstić information content (AvgIpc) is 2.63. The third-order valence-electron chi connectivity index (χ3n) is 4.64.